The maximum atomic E-state index is 13.1. The van der Waals surface area contributed by atoms with Crippen molar-refractivity contribution >= 4 is 5.96 Å². The Morgan fingerprint density at radius 2 is 1.97 bits per heavy atom. The number of aryl methyl sites for hydroxylation is 2. The summed E-state index contributed by atoms with van der Waals surface area (Å²) in [6.07, 6.45) is 2.29. The van der Waals surface area contributed by atoms with Crippen molar-refractivity contribution in [3.63, 3.8) is 0 Å². The van der Waals surface area contributed by atoms with Gasteiger partial charge in [-0.3, -0.25) is 9.89 Å². The van der Waals surface area contributed by atoms with Crippen LogP contribution in [0, 0.1) is 25.6 Å². The maximum Gasteiger partial charge on any atom is 0.208 e. The van der Waals surface area contributed by atoms with E-state index in [9.17, 15) is 4.39 Å². The molecule has 0 amide bonds. The van der Waals surface area contributed by atoms with Gasteiger partial charge in [0.2, 0.25) is 5.89 Å². The molecule has 0 unspecified atom stereocenters. The minimum atomic E-state index is -0.210. The van der Waals surface area contributed by atoms with E-state index >= 15 is 0 Å². The molecule has 1 fully saturated rings. The Morgan fingerprint density at radius 1 is 1.28 bits per heavy atom. The molecule has 1 N–H and O–H groups in total. The smallest absolute Gasteiger partial charge is 0.208 e. The molecular weight excluding hydrogens is 369 g/mol. The quantitative estimate of drug-likeness (QED) is 0.594. The highest BCUT2D eigenvalue weighted by Crippen LogP contribution is 2.19. The van der Waals surface area contributed by atoms with Crippen LogP contribution in [0.4, 0.5) is 4.39 Å². The van der Waals surface area contributed by atoms with Gasteiger partial charge >= 0.3 is 0 Å². The van der Waals surface area contributed by atoms with Gasteiger partial charge in [0.15, 0.2) is 5.96 Å². The number of nitrogens with one attached hydrogen (secondary N) is 1. The van der Waals surface area contributed by atoms with Crippen LogP contribution in [0.25, 0.3) is 0 Å². The lowest BCUT2D eigenvalue weighted by molar-refractivity contribution is 0.163. The molecule has 0 bridgehead atoms. The van der Waals surface area contributed by atoms with Crippen molar-refractivity contribution < 1.29 is 8.81 Å². The first kappa shape index (κ1) is 21.3. The Balaban J connectivity index is 1.41. The van der Waals surface area contributed by atoms with Crippen molar-refractivity contribution in [3.8, 4) is 0 Å². The van der Waals surface area contributed by atoms with E-state index in [2.05, 4.69) is 25.1 Å². The summed E-state index contributed by atoms with van der Waals surface area (Å²) in [7, 11) is 3.80. The molecule has 7 heteroatoms. The number of hydrogen-bond acceptors (Lipinski definition) is 4. The summed E-state index contributed by atoms with van der Waals surface area (Å²) in [6.45, 7) is 8.44. The second-order valence-electron chi connectivity index (χ2n) is 7.88. The van der Waals surface area contributed by atoms with Crippen molar-refractivity contribution in [2.45, 2.75) is 39.8 Å². The number of hydrogen-bond donors (Lipinski definition) is 1. The van der Waals surface area contributed by atoms with Crippen molar-refractivity contribution in [3.05, 3.63) is 53.0 Å². The molecule has 0 spiro atoms. The molecule has 2 heterocycles. The van der Waals surface area contributed by atoms with Gasteiger partial charge in [0, 0.05) is 27.2 Å². The van der Waals surface area contributed by atoms with E-state index in [0.29, 0.717) is 12.5 Å². The number of benzene rings is 1. The molecule has 1 aliphatic heterocycles. The molecule has 0 radical (unpaired) electrons. The van der Waals surface area contributed by atoms with Gasteiger partial charge in [0.1, 0.15) is 11.6 Å². The molecule has 158 valence electrons. The molecule has 1 aliphatic rings. The predicted octanol–water partition coefficient (Wildman–Crippen LogP) is 3.35. The van der Waals surface area contributed by atoms with E-state index < -0.39 is 0 Å². The van der Waals surface area contributed by atoms with Crippen LogP contribution in [0.1, 0.15) is 35.7 Å². The summed E-state index contributed by atoms with van der Waals surface area (Å²) in [4.78, 5) is 13.4. The largest absolute Gasteiger partial charge is 0.444 e. The summed E-state index contributed by atoms with van der Waals surface area (Å²) in [5.41, 5.74) is 2.04. The second kappa shape index (κ2) is 9.87. The Kier molecular flexibility index (Phi) is 7.25. The third-order valence-electron chi connectivity index (χ3n) is 5.59. The molecule has 1 aromatic heterocycles. The minimum absolute atomic E-state index is 0.210. The lowest BCUT2D eigenvalue weighted by Crippen LogP contribution is -2.43. The number of nitrogens with zero attached hydrogens (tertiary/aromatic N) is 4. The van der Waals surface area contributed by atoms with Crippen LogP contribution in [0.5, 0.6) is 0 Å². The van der Waals surface area contributed by atoms with Crippen LogP contribution in [-0.4, -0.2) is 54.5 Å². The Morgan fingerprint density at radius 3 is 2.55 bits per heavy atom. The fraction of sp³-hybridized carbons (Fsp3) is 0.545. The van der Waals surface area contributed by atoms with Gasteiger partial charge in [-0.25, -0.2) is 9.37 Å². The summed E-state index contributed by atoms with van der Waals surface area (Å²) >= 11 is 0. The Hall–Kier alpha value is -2.41. The zero-order valence-electron chi connectivity index (χ0n) is 17.9. The second-order valence-corrected chi connectivity index (χ2v) is 7.88. The van der Waals surface area contributed by atoms with Gasteiger partial charge in [0.25, 0.3) is 0 Å². The van der Waals surface area contributed by atoms with Gasteiger partial charge in [0.05, 0.1) is 12.2 Å². The lowest BCUT2D eigenvalue weighted by Gasteiger charge is -2.32. The third-order valence-corrected chi connectivity index (χ3v) is 5.59. The Labute approximate surface area is 172 Å². The topological polar surface area (TPSA) is 56.9 Å². The van der Waals surface area contributed by atoms with Gasteiger partial charge in [-0.05, 0) is 63.4 Å². The maximum absolute atomic E-state index is 13.1. The number of guanidine groups is 1. The third kappa shape index (κ3) is 6.03. The van der Waals surface area contributed by atoms with Crippen LogP contribution in [0.2, 0.25) is 0 Å². The SMILES string of the molecule is CN=C(NCC1CCN(Cc2nc(C)c(C)o2)CC1)N(C)Cc1ccc(F)cc1. The molecule has 1 saturated heterocycles. The van der Waals surface area contributed by atoms with Gasteiger partial charge < -0.3 is 14.6 Å². The standard InChI is InChI=1S/C22H32FN5O/c1-16-17(2)29-21(26-16)15-28-11-9-18(10-12-28)13-25-22(24-3)27(4)14-19-5-7-20(23)8-6-19/h5-8,18H,9-15H2,1-4H3,(H,24,25). The molecule has 0 saturated carbocycles. The number of aromatic nitrogens is 1. The van der Waals surface area contributed by atoms with E-state index in [1.165, 1.54) is 12.1 Å². The van der Waals surface area contributed by atoms with Crippen LogP contribution in [0.3, 0.4) is 0 Å². The summed E-state index contributed by atoms with van der Waals surface area (Å²) in [6, 6.07) is 6.61. The zero-order valence-corrected chi connectivity index (χ0v) is 17.9. The number of likely N-dealkylation sites (tertiary alicyclic amines) is 1. The average Bonchev–Trinajstić information content (AvgIpc) is 3.02. The number of oxazole rings is 1. The van der Waals surface area contributed by atoms with Crippen LogP contribution < -0.4 is 5.32 Å². The molecule has 6 nitrogen and oxygen atoms in total. The highest BCUT2D eigenvalue weighted by atomic mass is 19.1. The first-order chi connectivity index (χ1) is 13.9. The first-order valence-electron chi connectivity index (χ1n) is 10.3. The van der Waals surface area contributed by atoms with E-state index in [1.54, 1.807) is 7.05 Å². The predicted molar refractivity (Wildman–Crippen MR) is 113 cm³/mol. The van der Waals surface area contributed by atoms with Crippen LogP contribution in [-0.2, 0) is 13.1 Å². The Bertz CT molecular complexity index is 790. The van der Waals surface area contributed by atoms with Crippen molar-refractivity contribution in [1.82, 2.24) is 20.1 Å². The van der Waals surface area contributed by atoms with Crippen molar-refractivity contribution in [2.75, 3.05) is 33.7 Å². The highest BCUT2D eigenvalue weighted by Gasteiger charge is 2.21. The van der Waals surface area contributed by atoms with E-state index in [4.69, 9.17) is 4.42 Å². The number of halogens is 1. The minimum Gasteiger partial charge on any atom is -0.444 e. The number of rotatable bonds is 6. The van der Waals surface area contributed by atoms with Gasteiger partial charge in [-0.2, -0.15) is 0 Å². The monoisotopic (exact) mass is 401 g/mol. The molecular formula is C22H32FN5O. The van der Waals surface area contributed by atoms with E-state index in [0.717, 1.165) is 67.9 Å². The van der Waals surface area contributed by atoms with E-state index in [1.807, 2.05) is 33.0 Å². The van der Waals surface area contributed by atoms with Crippen LogP contribution in [0.15, 0.2) is 33.7 Å². The average molecular weight is 402 g/mol. The lowest BCUT2D eigenvalue weighted by atomic mass is 9.97. The van der Waals surface area contributed by atoms with Gasteiger partial charge in [-0.15, -0.1) is 0 Å². The fourth-order valence-corrected chi connectivity index (χ4v) is 3.71. The number of aliphatic imine (C=N–C) groups is 1. The van der Waals surface area contributed by atoms with Gasteiger partial charge in [-0.1, -0.05) is 12.1 Å². The summed E-state index contributed by atoms with van der Waals surface area (Å²) < 4.78 is 18.8. The molecule has 0 aliphatic carbocycles. The normalized spacial score (nSPS) is 16.2. The first-order valence-corrected chi connectivity index (χ1v) is 10.3. The molecule has 3 rings (SSSR count). The van der Waals surface area contributed by atoms with E-state index in [-0.39, 0.29) is 5.82 Å². The fourth-order valence-electron chi connectivity index (χ4n) is 3.71. The molecule has 2 aromatic rings. The molecule has 29 heavy (non-hydrogen) atoms. The van der Waals surface area contributed by atoms with Crippen molar-refractivity contribution in [2.24, 2.45) is 10.9 Å². The highest BCUT2D eigenvalue weighted by molar-refractivity contribution is 5.79. The van der Waals surface area contributed by atoms with Crippen molar-refractivity contribution in [1.29, 1.82) is 0 Å². The zero-order chi connectivity index (χ0) is 20.8. The summed E-state index contributed by atoms with van der Waals surface area (Å²) in [5.74, 6) is 3.01. The van der Waals surface area contributed by atoms with Crippen LogP contribution >= 0.6 is 0 Å². The summed E-state index contributed by atoms with van der Waals surface area (Å²) in [5, 5.41) is 3.50. The molecule has 1 aromatic carbocycles. The number of piperidine rings is 1. The molecule has 0 atom stereocenters.